The van der Waals surface area contributed by atoms with E-state index in [1.165, 1.54) is 17.8 Å². The molecule has 2 aliphatic heterocycles. The van der Waals surface area contributed by atoms with Crippen LogP contribution in [0.25, 0.3) is 0 Å². The number of amidine groups is 1. The quantitative estimate of drug-likeness (QED) is 0.821. The van der Waals surface area contributed by atoms with Crippen molar-refractivity contribution < 1.29 is 22.0 Å². The van der Waals surface area contributed by atoms with E-state index < -0.39 is 27.7 Å². The van der Waals surface area contributed by atoms with Gasteiger partial charge in [0.1, 0.15) is 0 Å². The highest BCUT2D eigenvalue weighted by Gasteiger charge is 2.33. The molecule has 2 aliphatic rings. The molecule has 0 bridgehead atoms. The van der Waals surface area contributed by atoms with Crippen LogP contribution in [0, 0.1) is 11.6 Å². The predicted molar refractivity (Wildman–Crippen MR) is 103 cm³/mol. The maximum Gasteiger partial charge on any atom is 0.257 e. The summed E-state index contributed by atoms with van der Waals surface area (Å²) in [7, 11) is -3.45. The molecule has 0 saturated heterocycles. The molecule has 10 heteroatoms. The van der Waals surface area contributed by atoms with E-state index in [9.17, 15) is 22.0 Å². The third-order valence-corrected chi connectivity index (χ3v) is 6.83. The summed E-state index contributed by atoms with van der Waals surface area (Å²) in [6.07, 6.45) is 0. The van der Waals surface area contributed by atoms with Crippen molar-refractivity contribution in [2.45, 2.75) is 17.9 Å². The second-order valence-electron chi connectivity index (χ2n) is 6.46. The molecule has 0 aromatic heterocycles. The van der Waals surface area contributed by atoms with Gasteiger partial charge in [0, 0.05) is 17.0 Å². The largest absolute Gasteiger partial charge is 0.346 e. The summed E-state index contributed by atoms with van der Waals surface area (Å²) in [6.45, 7) is 1.99. The molecule has 1 amide bonds. The van der Waals surface area contributed by atoms with Gasteiger partial charge in [-0.15, -0.1) is 4.40 Å². The fraction of sp³-hybridized carbons (Fsp3) is 0.222. The molecule has 6 nitrogen and oxygen atoms in total. The number of sulfonamides is 1. The lowest BCUT2D eigenvalue weighted by atomic mass is 10.1. The molecule has 2 aromatic carbocycles. The van der Waals surface area contributed by atoms with E-state index in [1.807, 2.05) is 4.90 Å². The Hall–Kier alpha value is -2.46. The van der Waals surface area contributed by atoms with Crippen molar-refractivity contribution in [2.75, 3.05) is 17.2 Å². The molecule has 1 unspecified atom stereocenters. The Labute approximate surface area is 164 Å². The van der Waals surface area contributed by atoms with Gasteiger partial charge >= 0.3 is 0 Å². The minimum Gasteiger partial charge on any atom is -0.346 e. The molecule has 1 atom stereocenters. The molecule has 1 N–H and O–H groups in total. The average Bonchev–Trinajstić information content (AvgIpc) is 2.98. The Balaban J connectivity index is 1.54. The summed E-state index contributed by atoms with van der Waals surface area (Å²) in [5.74, 6) is -2.34. The number of hydrogen-bond donors (Lipinski definition) is 1. The van der Waals surface area contributed by atoms with Crippen LogP contribution in [-0.4, -0.2) is 31.8 Å². The van der Waals surface area contributed by atoms with Crippen molar-refractivity contribution in [3.8, 4) is 0 Å². The van der Waals surface area contributed by atoms with Gasteiger partial charge in [0.15, 0.2) is 16.8 Å². The van der Waals surface area contributed by atoms with E-state index in [-0.39, 0.29) is 11.7 Å². The summed E-state index contributed by atoms with van der Waals surface area (Å²) in [4.78, 5) is 15.1. The van der Waals surface area contributed by atoms with Gasteiger partial charge in [0.25, 0.3) is 15.9 Å². The van der Waals surface area contributed by atoms with Crippen LogP contribution in [0.2, 0.25) is 0 Å². The van der Waals surface area contributed by atoms with Crippen molar-refractivity contribution >= 4 is 38.5 Å². The molecule has 0 radical (unpaired) electrons. The molecule has 4 rings (SSSR count). The molecular weight excluding hydrogens is 408 g/mol. The maximum atomic E-state index is 13.4. The van der Waals surface area contributed by atoms with Gasteiger partial charge in [-0.25, -0.2) is 17.2 Å². The summed E-state index contributed by atoms with van der Waals surface area (Å²) in [6, 6.07) is 8.02. The monoisotopic (exact) mass is 423 g/mol. The van der Waals surface area contributed by atoms with Gasteiger partial charge in [0.05, 0.1) is 17.5 Å². The highest BCUT2D eigenvalue weighted by molar-refractivity contribution is 8.15. The van der Waals surface area contributed by atoms with E-state index in [0.717, 1.165) is 22.7 Å². The predicted octanol–water partition coefficient (Wildman–Crippen LogP) is 3.07. The van der Waals surface area contributed by atoms with Crippen LogP contribution >= 0.6 is 11.8 Å². The van der Waals surface area contributed by atoms with Gasteiger partial charge in [-0.3, -0.25) is 4.79 Å². The van der Waals surface area contributed by atoms with Gasteiger partial charge in [-0.1, -0.05) is 6.07 Å². The van der Waals surface area contributed by atoms with Crippen molar-refractivity contribution in [2.24, 2.45) is 4.40 Å². The van der Waals surface area contributed by atoms with Crippen LogP contribution < -0.4 is 10.2 Å². The number of carbonyl (C=O) groups is 1. The average molecular weight is 423 g/mol. The minimum absolute atomic E-state index is 0.0511. The van der Waals surface area contributed by atoms with Crippen molar-refractivity contribution in [1.29, 1.82) is 0 Å². The van der Waals surface area contributed by atoms with Gasteiger partial charge in [-0.05, 0) is 54.6 Å². The molecule has 2 heterocycles. The molecule has 28 heavy (non-hydrogen) atoms. The summed E-state index contributed by atoms with van der Waals surface area (Å²) < 4.78 is 53.6. The zero-order valence-corrected chi connectivity index (χ0v) is 16.3. The zero-order valence-electron chi connectivity index (χ0n) is 14.6. The highest BCUT2D eigenvalue weighted by atomic mass is 32.2. The minimum atomic E-state index is -3.45. The lowest BCUT2D eigenvalue weighted by Gasteiger charge is -2.22. The van der Waals surface area contributed by atoms with E-state index >= 15 is 0 Å². The first-order valence-corrected chi connectivity index (χ1v) is 10.8. The normalized spacial score (nSPS) is 18.1. The Morgan fingerprint density at radius 2 is 2.00 bits per heavy atom. The standard InChI is InChI=1S/C18H15F2N3O3S2/c1-10(11-2-4-13(19)14(20)8-11)21-17(24)12-3-5-15-16(9-12)27-18-22-28(25,26)7-6-23(15)18/h2-5,8-10H,6-7H2,1H3,(H,21,24). The van der Waals surface area contributed by atoms with Crippen molar-refractivity contribution in [1.82, 2.24) is 5.32 Å². The molecule has 0 spiro atoms. The number of carbonyl (C=O) groups excluding carboxylic acids is 1. The number of halogens is 2. The summed E-state index contributed by atoms with van der Waals surface area (Å²) in [5.41, 5.74) is 1.63. The number of anilines is 1. The van der Waals surface area contributed by atoms with Crippen LogP contribution in [-0.2, 0) is 10.0 Å². The number of thioether (sulfide) groups is 1. The fourth-order valence-electron chi connectivity index (χ4n) is 3.02. The maximum absolute atomic E-state index is 13.4. The second kappa shape index (κ2) is 6.85. The first-order valence-electron chi connectivity index (χ1n) is 8.41. The number of nitrogens with one attached hydrogen (secondary N) is 1. The molecule has 0 aliphatic carbocycles. The Kier molecular flexibility index (Phi) is 4.62. The number of amides is 1. The molecule has 0 saturated carbocycles. The van der Waals surface area contributed by atoms with Gasteiger partial charge in [0.2, 0.25) is 0 Å². The SMILES string of the molecule is CC(NC(=O)c1ccc2c(c1)SC1=NS(=O)(=O)CCN12)c1ccc(F)c(F)c1. The smallest absolute Gasteiger partial charge is 0.257 e. The third-order valence-electron chi connectivity index (χ3n) is 4.53. The van der Waals surface area contributed by atoms with Crippen LogP contribution in [0.3, 0.4) is 0 Å². The fourth-order valence-corrected chi connectivity index (χ4v) is 5.31. The van der Waals surface area contributed by atoms with Crippen LogP contribution in [0.5, 0.6) is 0 Å². The number of fused-ring (bicyclic) bond motifs is 3. The third kappa shape index (κ3) is 3.49. The van der Waals surface area contributed by atoms with E-state index in [2.05, 4.69) is 9.71 Å². The Morgan fingerprint density at radius 1 is 1.21 bits per heavy atom. The number of rotatable bonds is 3. The lowest BCUT2D eigenvalue weighted by Crippen LogP contribution is -2.35. The molecule has 146 valence electrons. The molecule has 0 fully saturated rings. The van der Waals surface area contributed by atoms with E-state index in [1.54, 1.807) is 25.1 Å². The topological polar surface area (TPSA) is 78.8 Å². The van der Waals surface area contributed by atoms with Gasteiger partial charge < -0.3 is 10.2 Å². The second-order valence-corrected chi connectivity index (χ2v) is 9.23. The van der Waals surface area contributed by atoms with Crippen LogP contribution in [0.4, 0.5) is 14.5 Å². The molecule has 2 aromatic rings. The Morgan fingerprint density at radius 3 is 2.75 bits per heavy atom. The van der Waals surface area contributed by atoms with Gasteiger partial charge in [-0.2, -0.15) is 0 Å². The first-order chi connectivity index (χ1) is 13.2. The summed E-state index contributed by atoms with van der Waals surface area (Å²) >= 11 is 1.20. The Bertz CT molecular complexity index is 1120. The van der Waals surface area contributed by atoms with E-state index in [0.29, 0.717) is 22.8 Å². The number of benzene rings is 2. The van der Waals surface area contributed by atoms with E-state index in [4.69, 9.17) is 0 Å². The van der Waals surface area contributed by atoms with Crippen molar-refractivity contribution in [3.63, 3.8) is 0 Å². The van der Waals surface area contributed by atoms with Crippen LogP contribution in [0.1, 0.15) is 28.9 Å². The first kappa shape index (κ1) is 18.9. The van der Waals surface area contributed by atoms with Crippen LogP contribution in [0.15, 0.2) is 45.7 Å². The number of hydrogen-bond acceptors (Lipinski definition) is 5. The number of nitrogens with zero attached hydrogens (tertiary/aromatic N) is 2. The molecular formula is C18H15F2N3O3S2. The lowest BCUT2D eigenvalue weighted by molar-refractivity contribution is 0.0939. The van der Waals surface area contributed by atoms with Crippen molar-refractivity contribution in [3.05, 3.63) is 59.2 Å². The summed E-state index contributed by atoms with van der Waals surface area (Å²) in [5, 5.41) is 3.13. The zero-order chi connectivity index (χ0) is 20.1. The highest BCUT2D eigenvalue weighted by Crippen LogP contribution is 2.42.